The van der Waals surface area contributed by atoms with Crippen molar-refractivity contribution in [2.75, 3.05) is 19.8 Å². The Morgan fingerprint density at radius 1 is 1.26 bits per heavy atom. The fourth-order valence-corrected chi connectivity index (χ4v) is 3.59. The molecule has 2 N–H and O–H groups in total. The van der Waals surface area contributed by atoms with Gasteiger partial charge in [-0.3, -0.25) is 4.79 Å². The van der Waals surface area contributed by atoms with Gasteiger partial charge in [0, 0.05) is 37.6 Å². The third kappa shape index (κ3) is 6.24. The third-order valence-electron chi connectivity index (χ3n) is 4.33. The quantitative estimate of drug-likeness (QED) is 0.535. The van der Waals surface area contributed by atoms with Gasteiger partial charge in [-0.25, -0.2) is 4.79 Å². The summed E-state index contributed by atoms with van der Waals surface area (Å²) >= 11 is 1.15. The van der Waals surface area contributed by atoms with E-state index in [4.69, 9.17) is 9.15 Å². The van der Waals surface area contributed by atoms with Crippen LogP contribution in [0.3, 0.4) is 0 Å². The molecular formula is C21H27N5O4S. The Morgan fingerprint density at radius 2 is 2.00 bits per heavy atom. The van der Waals surface area contributed by atoms with Gasteiger partial charge >= 0.3 is 6.09 Å². The number of nitrogens with zero attached hydrogens (tertiary/aromatic N) is 3. The van der Waals surface area contributed by atoms with Crippen LogP contribution in [-0.4, -0.2) is 57.5 Å². The molecule has 0 radical (unpaired) electrons. The standard InChI is InChI=1S/C21H27N5O4S/c1-21(2,3)30-19(28)23-16(10-13-11-22-15-9-7-6-8-14(13)15)18-24-25-20(29-18)31-12-17(27)26(4)5/h6-9,11,16,22H,10,12H2,1-5H3,(H,23,28)/t16-/m0/s1. The molecule has 166 valence electrons. The Kier molecular flexibility index (Phi) is 6.89. The van der Waals surface area contributed by atoms with Gasteiger partial charge < -0.3 is 24.4 Å². The summed E-state index contributed by atoms with van der Waals surface area (Å²) in [5.74, 6) is 0.365. The van der Waals surface area contributed by atoms with Crippen LogP contribution in [0, 0.1) is 0 Å². The lowest BCUT2D eigenvalue weighted by atomic mass is 10.1. The van der Waals surface area contributed by atoms with Crippen LogP contribution in [0.1, 0.15) is 38.3 Å². The van der Waals surface area contributed by atoms with Crippen LogP contribution in [0.25, 0.3) is 10.9 Å². The average Bonchev–Trinajstić information content (AvgIpc) is 3.31. The summed E-state index contributed by atoms with van der Waals surface area (Å²) in [6.45, 7) is 5.39. The van der Waals surface area contributed by atoms with Crippen molar-refractivity contribution in [1.82, 2.24) is 25.4 Å². The number of thioether (sulfide) groups is 1. The molecule has 0 fully saturated rings. The number of aromatic amines is 1. The highest BCUT2D eigenvalue weighted by atomic mass is 32.2. The number of alkyl carbamates (subject to hydrolysis) is 1. The van der Waals surface area contributed by atoms with Crippen molar-refractivity contribution in [3.63, 3.8) is 0 Å². The second kappa shape index (κ2) is 9.42. The van der Waals surface area contributed by atoms with Crippen molar-refractivity contribution in [2.24, 2.45) is 0 Å². The Bertz CT molecular complexity index is 1050. The molecule has 1 aromatic carbocycles. The second-order valence-corrected chi connectivity index (χ2v) is 9.17. The number of benzene rings is 1. The largest absolute Gasteiger partial charge is 0.444 e. The topological polar surface area (TPSA) is 113 Å². The molecule has 0 saturated carbocycles. The molecule has 0 aliphatic rings. The highest BCUT2D eigenvalue weighted by Crippen LogP contribution is 2.26. The lowest BCUT2D eigenvalue weighted by Crippen LogP contribution is -2.36. The van der Waals surface area contributed by atoms with E-state index in [9.17, 15) is 9.59 Å². The Morgan fingerprint density at radius 3 is 2.71 bits per heavy atom. The highest BCUT2D eigenvalue weighted by Gasteiger charge is 2.26. The third-order valence-corrected chi connectivity index (χ3v) is 5.13. The highest BCUT2D eigenvalue weighted by molar-refractivity contribution is 7.99. The molecule has 0 aliphatic heterocycles. The molecule has 10 heteroatoms. The van der Waals surface area contributed by atoms with Gasteiger partial charge in [0.05, 0.1) is 5.75 Å². The lowest BCUT2D eigenvalue weighted by Gasteiger charge is -2.22. The van der Waals surface area contributed by atoms with E-state index < -0.39 is 17.7 Å². The van der Waals surface area contributed by atoms with Crippen molar-refractivity contribution in [3.8, 4) is 0 Å². The molecule has 1 atom stereocenters. The first-order chi connectivity index (χ1) is 14.6. The molecule has 0 saturated heterocycles. The number of fused-ring (bicyclic) bond motifs is 1. The van der Waals surface area contributed by atoms with E-state index in [1.54, 1.807) is 34.9 Å². The molecule has 3 aromatic rings. The van der Waals surface area contributed by atoms with Gasteiger partial charge in [-0.2, -0.15) is 0 Å². The van der Waals surface area contributed by atoms with Gasteiger partial charge in [0.1, 0.15) is 11.6 Å². The number of rotatable bonds is 7. The minimum atomic E-state index is -0.641. The number of para-hydroxylation sites is 1. The molecule has 9 nitrogen and oxygen atoms in total. The minimum absolute atomic E-state index is 0.0630. The molecule has 2 aromatic heterocycles. The van der Waals surface area contributed by atoms with Crippen molar-refractivity contribution in [1.29, 1.82) is 0 Å². The zero-order valence-corrected chi connectivity index (χ0v) is 19.1. The van der Waals surface area contributed by atoms with Crippen LogP contribution in [0.15, 0.2) is 40.1 Å². The minimum Gasteiger partial charge on any atom is -0.444 e. The Hall–Kier alpha value is -3.01. The summed E-state index contributed by atoms with van der Waals surface area (Å²) in [7, 11) is 3.37. The maximum Gasteiger partial charge on any atom is 0.408 e. The fraction of sp³-hybridized carbons (Fsp3) is 0.429. The number of carbonyl (C=O) groups is 2. The first-order valence-corrected chi connectivity index (χ1v) is 10.8. The first-order valence-electron chi connectivity index (χ1n) is 9.83. The fourth-order valence-electron chi connectivity index (χ4n) is 2.84. The predicted octanol–water partition coefficient (Wildman–Crippen LogP) is 3.54. The smallest absolute Gasteiger partial charge is 0.408 e. The molecule has 2 amide bonds. The van der Waals surface area contributed by atoms with Gasteiger partial charge in [0.2, 0.25) is 11.8 Å². The van der Waals surface area contributed by atoms with Crippen molar-refractivity contribution < 1.29 is 18.7 Å². The SMILES string of the molecule is CN(C)C(=O)CSc1nnc([C@H](Cc2c[nH]c3ccccc23)NC(=O)OC(C)(C)C)o1. The van der Waals surface area contributed by atoms with Crippen LogP contribution >= 0.6 is 11.8 Å². The summed E-state index contributed by atoms with van der Waals surface area (Å²) in [5, 5.41) is 12.3. The Labute approximate surface area is 184 Å². The van der Waals surface area contributed by atoms with E-state index in [-0.39, 0.29) is 22.8 Å². The number of aromatic nitrogens is 3. The van der Waals surface area contributed by atoms with Crippen LogP contribution in [0.4, 0.5) is 4.79 Å². The maximum absolute atomic E-state index is 12.4. The van der Waals surface area contributed by atoms with Crippen LogP contribution in [0.2, 0.25) is 0 Å². The molecule has 0 unspecified atom stereocenters. The second-order valence-electron chi connectivity index (χ2n) is 8.25. The maximum atomic E-state index is 12.4. The summed E-state index contributed by atoms with van der Waals surface area (Å²) < 4.78 is 11.2. The summed E-state index contributed by atoms with van der Waals surface area (Å²) in [5.41, 5.74) is 1.35. The molecule has 31 heavy (non-hydrogen) atoms. The van der Waals surface area contributed by atoms with Gasteiger partial charge in [0.25, 0.3) is 5.22 Å². The van der Waals surface area contributed by atoms with E-state index in [1.165, 1.54) is 4.90 Å². The van der Waals surface area contributed by atoms with E-state index in [0.717, 1.165) is 28.2 Å². The molecule has 3 rings (SSSR count). The predicted molar refractivity (Wildman–Crippen MR) is 118 cm³/mol. The van der Waals surface area contributed by atoms with E-state index in [0.29, 0.717) is 6.42 Å². The summed E-state index contributed by atoms with van der Waals surface area (Å²) in [6, 6.07) is 7.31. The molecule has 0 bridgehead atoms. The van der Waals surface area contributed by atoms with Crippen LogP contribution in [-0.2, 0) is 16.0 Å². The normalized spacial score (nSPS) is 12.5. The molecular weight excluding hydrogens is 418 g/mol. The lowest BCUT2D eigenvalue weighted by molar-refractivity contribution is -0.125. The number of H-pyrrole nitrogens is 1. The number of hydrogen-bond donors (Lipinski definition) is 2. The van der Waals surface area contributed by atoms with Crippen molar-refractivity contribution >= 4 is 34.7 Å². The molecule has 0 aliphatic carbocycles. The average molecular weight is 446 g/mol. The first kappa shape index (κ1) is 22.7. The zero-order valence-electron chi connectivity index (χ0n) is 18.3. The van der Waals surface area contributed by atoms with Crippen molar-refractivity contribution in [2.45, 2.75) is 44.1 Å². The number of nitrogens with one attached hydrogen (secondary N) is 2. The molecule has 0 spiro atoms. The van der Waals surface area contributed by atoms with Gasteiger partial charge in [0.15, 0.2) is 0 Å². The monoisotopic (exact) mass is 445 g/mol. The summed E-state index contributed by atoms with van der Waals surface area (Å²) in [4.78, 5) is 29.0. The van der Waals surface area contributed by atoms with E-state index >= 15 is 0 Å². The van der Waals surface area contributed by atoms with E-state index in [1.807, 2.05) is 30.5 Å². The summed E-state index contributed by atoms with van der Waals surface area (Å²) in [6.07, 6.45) is 1.75. The molecule has 2 heterocycles. The number of carbonyl (C=O) groups excluding carboxylic acids is 2. The zero-order chi connectivity index (χ0) is 22.6. The number of ether oxygens (including phenoxy) is 1. The van der Waals surface area contributed by atoms with Crippen LogP contribution in [0.5, 0.6) is 0 Å². The van der Waals surface area contributed by atoms with Gasteiger partial charge in [-0.1, -0.05) is 30.0 Å². The van der Waals surface area contributed by atoms with Crippen molar-refractivity contribution in [3.05, 3.63) is 41.9 Å². The van der Waals surface area contributed by atoms with Crippen LogP contribution < -0.4 is 5.32 Å². The number of hydrogen-bond acceptors (Lipinski definition) is 7. The Balaban J connectivity index is 1.80. The van der Waals surface area contributed by atoms with E-state index in [2.05, 4.69) is 20.5 Å². The number of amides is 2. The van der Waals surface area contributed by atoms with Gasteiger partial charge in [-0.05, 0) is 32.4 Å². The van der Waals surface area contributed by atoms with Gasteiger partial charge in [-0.15, -0.1) is 10.2 Å².